The Morgan fingerprint density at radius 1 is 1.03 bits per heavy atom. The van der Waals surface area contributed by atoms with E-state index in [1.165, 1.54) is 20.8 Å². The van der Waals surface area contributed by atoms with Crippen LogP contribution in [-0.2, 0) is 19.1 Å². The Hall–Kier alpha value is -2.07. The molecule has 0 rings (SSSR count). The van der Waals surface area contributed by atoms with Crippen LogP contribution in [-0.4, -0.2) is 61.3 Å². The maximum absolute atomic E-state index is 13.2. The third kappa shape index (κ3) is 12.3. The zero-order chi connectivity index (χ0) is 29.2. The molecule has 0 aliphatic carbocycles. The highest BCUT2D eigenvalue weighted by Gasteiger charge is 2.48. The number of nitriles is 1. The first-order valence-electron chi connectivity index (χ1n) is 12.0. The number of rotatable bonds is 15. The summed E-state index contributed by atoms with van der Waals surface area (Å²) in [4.78, 5) is 26.0. The van der Waals surface area contributed by atoms with Gasteiger partial charge in [0.05, 0.1) is 41.6 Å². The Balaban J connectivity index is 5.56. The topological polar surface area (TPSA) is 109 Å². The molecule has 6 atom stereocenters. The molecule has 6 unspecified atom stereocenters. The molecule has 37 heavy (non-hydrogen) atoms. The average molecular weight is 549 g/mol. The van der Waals surface area contributed by atoms with Gasteiger partial charge >= 0.3 is 24.3 Å². The van der Waals surface area contributed by atoms with Crippen molar-refractivity contribution in [1.82, 2.24) is 5.32 Å². The summed E-state index contributed by atoms with van der Waals surface area (Å²) in [5.41, 5.74) is -2.77. The maximum atomic E-state index is 13.2. The van der Waals surface area contributed by atoms with E-state index in [0.29, 0.717) is 0 Å². The highest BCUT2D eigenvalue weighted by Crippen LogP contribution is 2.43. The highest BCUT2D eigenvalue weighted by molar-refractivity contribution is 5.80. The van der Waals surface area contributed by atoms with Gasteiger partial charge in [-0.3, -0.25) is 9.59 Å². The van der Waals surface area contributed by atoms with Gasteiger partial charge in [0.25, 0.3) is 0 Å². The molecule has 216 valence electrons. The minimum Gasteiger partial charge on any atom is -0.464 e. The summed E-state index contributed by atoms with van der Waals surface area (Å²) in [6, 6.07) is 1.99. The molecule has 0 aliphatic rings. The molecule has 0 saturated carbocycles. The minimum absolute atomic E-state index is 0.0328. The quantitative estimate of drug-likeness (QED) is 0.170. The molecule has 0 aromatic carbocycles. The number of carbonyl (C=O) groups excluding carboxylic acids is 2. The molecule has 0 spiro atoms. The number of aliphatic hydroxyl groups excluding tert-OH is 1. The predicted octanol–water partition coefficient (Wildman–Crippen LogP) is 4.93. The molecule has 2 N–H and O–H groups in total. The van der Waals surface area contributed by atoms with Crippen LogP contribution >= 0.6 is 0 Å². The SMILES string of the molecule is CCC(C)(CC(C)(CC(C)C#N)C(=O)OCCNCC(F)(F)F)C(=O)OC(C)CC(C(C)O)C(F)(F)F. The zero-order valence-electron chi connectivity index (χ0n) is 22.1. The summed E-state index contributed by atoms with van der Waals surface area (Å²) in [6.07, 6.45) is -12.8. The second kappa shape index (κ2) is 14.2. The van der Waals surface area contributed by atoms with Gasteiger partial charge in [0.1, 0.15) is 6.61 Å². The van der Waals surface area contributed by atoms with E-state index < -0.39 is 72.1 Å². The molecule has 7 nitrogen and oxygen atoms in total. The summed E-state index contributed by atoms with van der Waals surface area (Å²) in [5.74, 6) is -4.43. The van der Waals surface area contributed by atoms with Crippen molar-refractivity contribution in [3.63, 3.8) is 0 Å². The van der Waals surface area contributed by atoms with Crippen molar-refractivity contribution in [2.75, 3.05) is 19.7 Å². The maximum Gasteiger partial charge on any atom is 0.401 e. The second-order valence-corrected chi connectivity index (χ2v) is 10.2. The molecular weight excluding hydrogens is 510 g/mol. The molecule has 0 fully saturated rings. The first-order chi connectivity index (χ1) is 16.7. The third-order valence-electron chi connectivity index (χ3n) is 6.26. The lowest BCUT2D eigenvalue weighted by molar-refractivity contribution is -0.208. The van der Waals surface area contributed by atoms with Crippen LogP contribution in [0.25, 0.3) is 0 Å². The lowest BCUT2D eigenvalue weighted by Crippen LogP contribution is -2.43. The van der Waals surface area contributed by atoms with Crippen LogP contribution in [0.15, 0.2) is 0 Å². The number of alkyl halides is 6. The molecule has 0 aromatic rings. The lowest BCUT2D eigenvalue weighted by atomic mass is 9.68. The highest BCUT2D eigenvalue weighted by atomic mass is 19.4. The fourth-order valence-electron chi connectivity index (χ4n) is 4.11. The van der Waals surface area contributed by atoms with E-state index >= 15 is 0 Å². The van der Waals surface area contributed by atoms with Crippen molar-refractivity contribution in [2.45, 2.75) is 91.8 Å². The Labute approximate surface area is 213 Å². The molecule has 0 amide bonds. The van der Waals surface area contributed by atoms with E-state index in [4.69, 9.17) is 9.47 Å². The zero-order valence-corrected chi connectivity index (χ0v) is 22.1. The van der Waals surface area contributed by atoms with Crippen molar-refractivity contribution in [2.24, 2.45) is 22.7 Å². The summed E-state index contributed by atoms with van der Waals surface area (Å²) in [6.45, 7) is 6.46. The van der Waals surface area contributed by atoms with Gasteiger partial charge in [-0.25, -0.2) is 0 Å². The smallest absolute Gasteiger partial charge is 0.401 e. The lowest BCUT2D eigenvalue weighted by Gasteiger charge is -2.37. The molecule has 0 aliphatic heterocycles. The fraction of sp³-hybridized carbons (Fsp3) is 0.875. The van der Waals surface area contributed by atoms with Gasteiger partial charge in [0, 0.05) is 12.5 Å². The Morgan fingerprint density at radius 2 is 1.59 bits per heavy atom. The molecule has 0 bridgehead atoms. The van der Waals surface area contributed by atoms with Crippen molar-refractivity contribution >= 4 is 11.9 Å². The van der Waals surface area contributed by atoms with E-state index in [9.17, 15) is 46.3 Å². The predicted molar refractivity (Wildman–Crippen MR) is 122 cm³/mol. The van der Waals surface area contributed by atoms with E-state index in [0.717, 1.165) is 6.92 Å². The van der Waals surface area contributed by atoms with Gasteiger partial charge in [-0.05, 0) is 60.3 Å². The number of ether oxygens (including phenoxy) is 2. The second-order valence-electron chi connectivity index (χ2n) is 10.2. The van der Waals surface area contributed by atoms with Crippen LogP contribution in [0.2, 0.25) is 0 Å². The van der Waals surface area contributed by atoms with E-state index in [2.05, 4.69) is 5.32 Å². The third-order valence-corrected chi connectivity index (χ3v) is 6.26. The normalized spacial score (nSPS) is 18.9. The summed E-state index contributed by atoms with van der Waals surface area (Å²) in [7, 11) is 0. The molecule has 13 heteroatoms. The standard InChI is InChI=1S/C24H38F6N2O5/c1-7-21(5,20(35)37-16(3)10-18(17(4)33)24(28,29)30)13-22(6,11-15(2)12-31)19(34)36-9-8-32-14-23(25,26)27/h15-18,32-33H,7-11,13-14H2,1-6H3. The van der Waals surface area contributed by atoms with Crippen molar-refractivity contribution in [3.8, 4) is 6.07 Å². The average Bonchev–Trinajstić information content (AvgIpc) is 2.74. The van der Waals surface area contributed by atoms with Gasteiger partial charge in [0.15, 0.2) is 0 Å². The van der Waals surface area contributed by atoms with E-state index in [1.807, 2.05) is 6.07 Å². The minimum atomic E-state index is -4.70. The van der Waals surface area contributed by atoms with Gasteiger partial charge in [-0.1, -0.05) is 6.92 Å². The van der Waals surface area contributed by atoms with Crippen molar-refractivity contribution in [3.05, 3.63) is 0 Å². The summed E-state index contributed by atoms with van der Waals surface area (Å²) >= 11 is 0. The van der Waals surface area contributed by atoms with Crippen LogP contribution in [0.5, 0.6) is 0 Å². The molecule has 0 heterocycles. The van der Waals surface area contributed by atoms with Gasteiger partial charge < -0.3 is 19.9 Å². The Morgan fingerprint density at radius 3 is 2.03 bits per heavy atom. The summed E-state index contributed by atoms with van der Waals surface area (Å²) < 4.78 is 86.8. The van der Waals surface area contributed by atoms with Gasteiger partial charge in [-0.2, -0.15) is 31.6 Å². The Bertz CT molecular complexity index is 783. The number of halogens is 6. The van der Waals surface area contributed by atoms with Crippen LogP contribution in [0.4, 0.5) is 26.3 Å². The van der Waals surface area contributed by atoms with Crippen LogP contribution in [0.1, 0.15) is 67.2 Å². The number of hydrogen-bond acceptors (Lipinski definition) is 7. The first kappa shape index (κ1) is 34.9. The molecule has 0 radical (unpaired) electrons. The van der Waals surface area contributed by atoms with Crippen molar-refractivity contribution < 1.29 is 50.5 Å². The first-order valence-corrected chi connectivity index (χ1v) is 12.0. The van der Waals surface area contributed by atoms with Crippen LogP contribution in [0, 0.1) is 34.0 Å². The number of hydrogen-bond donors (Lipinski definition) is 2. The number of esters is 2. The number of nitrogens with zero attached hydrogens (tertiary/aromatic N) is 1. The number of aliphatic hydroxyl groups is 1. The van der Waals surface area contributed by atoms with Gasteiger partial charge in [-0.15, -0.1) is 0 Å². The number of carbonyl (C=O) groups is 2. The van der Waals surface area contributed by atoms with Gasteiger partial charge in [0.2, 0.25) is 0 Å². The van der Waals surface area contributed by atoms with Crippen LogP contribution in [0.3, 0.4) is 0 Å². The monoisotopic (exact) mass is 548 g/mol. The largest absolute Gasteiger partial charge is 0.464 e. The summed E-state index contributed by atoms with van der Waals surface area (Å²) in [5, 5.41) is 20.9. The molecule has 0 saturated heterocycles. The Kier molecular flexibility index (Phi) is 13.4. The fourth-order valence-corrected chi connectivity index (χ4v) is 4.11. The molecular formula is C24H38F6N2O5. The van der Waals surface area contributed by atoms with E-state index in [-0.39, 0.29) is 32.4 Å². The van der Waals surface area contributed by atoms with Crippen molar-refractivity contribution in [1.29, 1.82) is 5.26 Å². The van der Waals surface area contributed by atoms with Crippen LogP contribution < -0.4 is 5.32 Å². The van der Waals surface area contributed by atoms with E-state index in [1.54, 1.807) is 13.8 Å². The number of nitrogens with one attached hydrogen (secondary N) is 1. The molecule has 0 aromatic heterocycles.